The van der Waals surface area contributed by atoms with Crippen LogP contribution in [-0.2, 0) is 4.79 Å². The lowest BCUT2D eigenvalue weighted by Crippen LogP contribution is -2.46. The van der Waals surface area contributed by atoms with Gasteiger partial charge in [0.2, 0.25) is 11.6 Å². The molecule has 1 N–H and O–H groups in total. The summed E-state index contributed by atoms with van der Waals surface area (Å²) in [6, 6.07) is 11.6. The van der Waals surface area contributed by atoms with Gasteiger partial charge in [0.15, 0.2) is 5.60 Å². The lowest BCUT2D eigenvalue weighted by molar-refractivity contribution is -0.128. The first-order chi connectivity index (χ1) is 11.3. The molecular formula is C18H14BrNO4. The summed E-state index contributed by atoms with van der Waals surface area (Å²) in [5.74, 6) is -1.15. The zero-order chi connectivity index (χ0) is 17.5. The monoisotopic (exact) mass is 387 g/mol. The first-order valence-corrected chi connectivity index (χ1v) is 8.06. The summed E-state index contributed by atoms with van der Waals surface area (Å²) >= 11 is 3.32. The van der Waals surface area contributed by atoms with Crippen LogP contribution >= 0.6 is 15.9 Å². The number of fused-ring (bicyclic) bond motifs is 1. The van der Waals surface area contributed by atoms with Gasteiger partial charge in [-0.25, -0.2) is 0 Å². The summed E-state index contributed by atoms with van der Waals surface area (Å²) in [5, 5.41) is 2.75. The van der Waals surface area contributed by atoms with Crippen molar-refractivity contribution in [1.82, 2.24) is 0 Å². The molecule has 0 fully saturated rings. The zero-order valence-corrected chi connectivity index (χ0v) is 14.6. The number of benzene rings is 2. The van der Waals surface area contributed by atoms with Crippen LogP contribution in [0.5, 0.6) is 5.75 Å². The van der Waals surface area contributed by atoms with E-state index in [4.69, 9.17) is 4.74 Å². The fraction of sp³-hybridized carbons (Fsp3) is 0.167. The molecule has 0 aromatic heterocycles. The molecule has 24 heavy (non-hydrogen) atoms. The third-order valence-corrected chi connectivity index (χ3v) is 4.24. The van der Waals surface area contributed by atoms with Crippen LogP contribution in [0, 0.1) is 0 Å². The average molecular weight is 388 g/mol. The van der Waals surface area contributed by atoms with E-state index in [-0.39, 0.29) is 11.5 Å². The first-order valence-electron chi connectivity index (χ1n) is 7.27. The number of ketones is 2. The lowest BCUT2D eigenvalue weighted by atomic mass is 9.91. The number of hydrogen-bond acceptors (Lipinski definition) is 4. The Morgan fingerprint density at radius 1 is 1.08 bits per heavy atom. The molecule has 2 aromatic rings. The highest BCUT2D eigenvalue weighted by Crippen LogP contribution is 2.33. The highest BCUT2D eigenvalue weighted by molar-refractivity contribution is 9.10. The van der Waals surface area contributed by atoms with Crippen LogP contribution in [-0.4, -0.2) is 23.1 Å². The van der Waals surface area contributed by atoms with Crippen molar-refractivity contribution in [1.29, 1.82) is 0 Å². The predicted molar refractivity (Wildman–Crippen MR) is 92.6 cm³/mol. The fourth-order valence-corrected chi connectivity index (χ4v) is 2.66. The minimum atomic E-state index is -1.21. The Balaban J connectivity index is 1.87. The molecule has 0 saturated carbocycles. The van der Waals surface area contributed by atoms with E-state index < -0.39 is 17.2 Å². The normalized spacial score (nSPS) is 15.5. The van der Waals surface area contributed by atoms with Gasteiger partial charge in [0.1, 0.15) is 5.75 Å². The molecule has 0 radical (unpaired) electrons. The van der Waals surface area contributed by atoms with E-state index in [1.165, 1.54) is 6.07 Å². The third kappa shape index (κ3) is 2.97. The van der Waals surface area contributed by atoms with E-state index in [9.17, 15) is 14.4 Å². The SMILES string of the molecule is CC1(C)Oc2cc(NC(=O)c3ccc(Br)cc3)ccc2C(=O)C1=O. The number of halogens is 1. The van der Waals surface area contributed by atoms with E-state index >= 15 is 0 Å². The predicted octanol–water partition coefficient (Wildman–Crippen LogP) is 3.62. The highest BCUT2D eigenvalue weighted by Gasteiger charge is 2.41. The van der Waals surface area contributed by atoms with Crippen LogP contribution in [0.15, 0.2) is 46.9 Å². The second-order valence-electron chi connectivity index (χ2n) is 5.94. The number of nitrogens with one attached hydrogen (secondary N) is 1. The molecule has 122 valence electrons. The Morgan fingerprint density at radius 3 is 2.42 bits per heavy atom. The van der Waals surface area contributed by atoms with Crippen molar-refractivity contribution in [2.24, 2.45) is 0 Å². The summed E-state index contributed by atoms with van der Waals surface area (Å²) < 4.78 is 6.50. The Bertz CT molecular complexity index is 856. The van der Waals surface area contributed by atoms with Gasteiger partial charge in [0, 0.05) is 21.8 Å². The molecule has 0 aliphatic carbocycles. The standard InChI is InChI=1S/C18H14BrNO4/c1-18(2)16(22)15(21)13-8-7-12(9-14(13)24-18)20-17(23)10-3-5-11(19)6-4-10/h3-9H,1-2H3,(H,20,23). The molecule has 3 rings (SSSR count). The van der Waals surface area contributed by atoms with Crippen molar-refractivity contribution >= 4 is 39.1 Å². The van der Waals surface area contributed by atoms with Crippen LogP contribution in [0.1, 0.15) is 34.6 Å². The molecule has 0 unspecified atom stereocenters. The summed E-state index contributed by atoms with van der Waals surface area (Å²) in [4.78, 5) is 36.3. The van der Waals surface area contributed by atoms with Crippen LogP contribution in [0.4, 0.5) is 5.69 Å². The molecule has 0 bridgehead atoms. The lowest BCUT2D eigenvalue weighted by Gasteiger charge is -2.30. The molecule has 0 atom stereocenters. The zero-order valence-electron chi connectivity index (χ0n) is 13.1. The van der Waals surface area contributed by atoms with Gasteiger partial charge >= 0.3 is 0 Å². The molecule has 6 heteroatoms. The maximum Gasteiger partial charge on any atom is 0.255 e. The van der Waals surface area contributed by atoms with Gasteiger partial charge in [0.05, 0.1) is 5.56 Å². The largest absolute Gasteiger partial charge is 0.479 e. The quantitative estimate of drug-likeness (QED) is 0.798. The Hall–Kier alpha value is -2.47. The first kappa shape index (κ1) is 16.4. The summed E-state index contributed by atoms with van der Waals surface area (Å²) in [6.07, 6.45) is 0. The van der Waals surface area contributed by atoms with Crippen LogP contribution in [0.2, 0.25) is 0 Å². The molecule has 1 aliphatic heterocycles. The molecule has 1 amide bonds. The highest BCUT2D eigenvalue weighted by atomic mass is 79.9. The van der Waals surface area contributed by atoms with Crippen molar-refractivity contribution in [2.75, 3.05) is 5.32 Å². The maximum atomic E-state index is 12.2. The third-order valence-electron chi connectivity index (χ3n) is 3.71. The molecule has 0 saturated heterocycles. The molecule has 5 nitrogen and oxygen atoms in total. The van der Waals surface area contributed by atoms with Gasteiger partial charge in [-0.3, -0.25) is 14.4 Å². The van der Waals surface area contributed by atoms with Crippen molar-refractivity contribution in [3.8, 4) is 5.75 Å². The van der Waals surface area contributed by atoms with E-state index in [0.717, 1.165) is 4.47 Å². The van der Waals surface area contributed by atoms with E-state index in [1.54, 1.807) is 50.2 Å². The average Bonchev–Trinajstić information content (AvgIpc) is 2.53. The molecule has 1 aliphatic rings. The summed E-state index contributed by atoms with van der Waals surface area (Å²) in [7, 11) is 0. The van der Waals surface area contributed by atoms with Crippen molar-refractivity contribution in [2.45, 2.75) is 19.4 Å². The van der Waals surface area contributed by atoms with E-state index in [0.29, 0.717) is 17.0 Å². The second-order valence-corrected chi connectivity index (χ2v) is 6.86. The minimum absolute atomic E-state index is 0.209. The van der Waals surface area contributed by atoms with Crippen LogP contribution in [0.25, 0.3) is 0 Å². The van der Waals surface area contributed by atoms with Gasteiger partial charge in [-0.15, -0.1) is 0 Å². The maximum absolute atomic E-state index is 12.2. The van der Waals surface area contributed by atoms with Gasteiger partial charge in [-0.1, -0.05) is 15.9 Å². The minimum Gasteiger partial charge on any atom is -0.479 e. The number of hydrogen-bond donors (Lipinski definition) is 1. The fourth-order valence-electron chi connectivity index (χ4n) is 2.39. The Morgan fingerprint density at radius 2 is 1.75 bits per heavy atom. The number of Topliss-reactive ketones (excluding diaryl/α,β-unsaturated/α-hetero) is 2. The van der Waals surface area contributed by atoms with Crippen molar-refractivity contribution < 1.29 is 19.1 Å². The van der Waals surface area contributed by atoms with Gasteiger partial charge in [-0.2, -0.15) is 0 Å². The summed E-state index contributed by atoms with van der Waals surface area (Å²) in [5.41, 5.74) is -0.0117. The number of ether oxygens (including phenoxy) is 1. The van der Waals surface area contributed by atoms with E-state index in [2.05, 4.69) is 21.2 Å². The number of anilines is 1. The summed E-state index contributed by atoms with van der Waals surface area (Å²) in [6.45, 7) is 3.09. The number of amides is 1. The van der Waals surface area contributed by atoms with Gasteiger partial charge in [-0.05, 0) is 50.2 Å². The Kier molecular flexibility index (Phi) is 4.01. The molecule has 2 aromatic carbocycles. The topological polar surface area (TPSA) is 72.5 Å². The van der Waals surface area contributed by atoms with Gasteiger partial charge < -0.3 is 10.1 Å². The van der Waals surface area contributed by atoms with Crippen LogP contribution < -0.4 is 10.1 Å². The van der Waals surface area contributed by atoms with Crippen molar-refractivity contribution in [3.63, 3.8) is 0 Å². The molecular weight excluding hydrogens is 374 g/mol. The number of rotatable bonds is 2. The van der Waals surface area contributed by atoms with Crippen molar-refractivity contribution in [3.05, 3.63) is 58.1 Å². The second kappa shape index (κ2) is 5.87. The van der Waals surface area contributed by atoms with Crippen LogP contribution in [0.3, 0.4) is 0 Å². The van der Waals surface area contributed by atoms with Gasteiger partial charge in [0.25, 0.3) is 5.91 Å². The van der Waals surface area contributed by atoms with E-state index in [1.807, 2.05) is 0 Å². The number of carbonyl (C=O) groups excluding carboxylic acids is 3. The number of carbonyl (C=O) groups is 3. The Labute approximate surface area is 147 Å². The smallest absolute Gasteiger partial charge is 0.255 e. The molecule has 1 heterocycles. The molecule has 0 spiro atoms.